The summed E-state index contributed by atoms with van der Waals surface area (Å²) >= 11 is 0. The van der Waals surface area contributed by atoms with Crippen LogP contribution >= 0.6 is 0 Å². The summed E-state index contributed by atoms with van der Waals surface area (Å²) in [6.07, 6.45) is 2.79. The van der Waals surface area contributed by atoms with Gasteiger partial charge in [0.25, 0.3) is 5.56 Å². The van der Waals surface area contributed by atoms with Crippen molar-refractivity contribution in [3.05, 3.63) is 70.9 Å². The highest BCUT2D eigenvalue weighted by molar-refractivity contribution is 7.73. The molecule has 104 valence electrons. The van der Waals surface area contributed by atoms with Gasteiger partial charge in [-0.15, -0.1) is 0 Å². The highest BCUT2D eigenvalue weighted by Crippen LogP contribution is 2.09. The Bertz CT molecular complexity index is 1000. The van der Waals surface area contributed by atoms with Crippen LogP contribution in [0.1, 0.15) is 5.56 Å². The number of nitrogens with zero attached hydrogens (tertiary/aromatic N) is 3. The largest absolute Gasteiger partial charge is 0.269 e. The van der Waals surface area contributed by atoms with Gasteiger partial charge in [0.2, 0.25) is 10.3 Å². The third kappa shape index (κ3) is 2.34. The fourth-order valence-electron chi connectivity index (χ4n) is 2.06. The van der Waals surface area contributed by atoms with Crippen molar-refractivity contribution in [1.29, 1.82) is 0 Å². The summed E-state index contributed by atoms with van der Waals surface area (Å²) in [5.41, 5.74) is 0.198. The third-order valence-electron chi connectivity index (χ3n) is 2.94. The van der Waals surface area contributed by atoms with Crippen LogP contribution in [0, 0.1) is 0 Å². The van der Waals surface area contributed by atoms with E-state index in [0.717, 1.165) is 4.57 Å². The van der Waals surface area contributed by atoms with E-state index in [4.69, 9.17) is 0 Å². The predicted molar refractivity (Wildman–Crippen MR) is 78.7 cm³/mol. The molecule has 0 saturated carbocycles. The molecule has 2 aromatic heterocycles. The number of rotatable bonds is 1. The maximum atomic E-state index is 12.2. The number of hydrogen-bond acceptors (Lipinski definition) is 5. The molecule has 21 heavy (non-hydrogen) atoms. The van der Waals surface area contributed by atoms with Gasteiger partial charge < -0.3 is 0 Å². The van der Waals surface area contributed by atoms with Gasteiger partial charge in [0.05, 0.1) is 0 Å². The summed E-state index contributed by atoms with van der Waals surface area (Å²) in [4.78, 5) is 19.9. The number of benzene rings is 1. The Kier molecular flexibility index (Phi) is 3.33. The van der Waals surface area contributed by atoms with E-state index in [9.17, 15) is 13.2 Å². The Hall–Kier alpha value is -2.80. The summed E-state index contributed by atoms with van der Waals surface area (Å²) in [6.45, 7) is 0. The van der Waals surface area contributed by atoms with E-state index in [0.29, 0.717) is 10.9 Å². The van der Waals surface area contributed by atoms with E-state index in [1.54, 1.807) is 36.4 Å². The van der Waals surface area contributed by atoms with E-state index in [1.165, 1.54) is 18.6 Å². The van der Waals surface area contributed by atoms with Crippen molar-refractivity contribution < 1.29 is 8.42 Å². The van der Waals surface area contributed by atoms with Crippen LogP contribution < -0.4 is 5.56 Å². The average Bonchev–Trinajstić information content (AvgIpc) is 2.51. The number of fused-ring (bicyclic) bond motifs is 1. The summed E-state index contributed by atoms with van der Waals surface area (Å²) in [6, 6.07) is 11.3. The molecule has 0 amide bonds. The topological polar surface area (TPSA) is 81.9 Å². The summed E-state index contributed by atoms with van der Waals surface area (Å²) in [5.74, 6) is 0. The lowest BCUT2D eigenvalue weighted by Crippen LogP contribution is -2.28. The fourth-order valence-corrected chi connectivity index (χ4v) is 2.71. The van der Waals surface area contributed by atoms with E-state index < -0.39 is 15.9 Å². The molecule has 6 nitrogen and oxygen atoms in total. The Morgan fingerprint density at radius 1 is 1.05 bits per heavy atom. The quantitative estimate of drug-likeness (QED) is 0.618. The Morgan fingerprint density at radius 3 is 2.52 bits per heavy atom. The van der Waals surface area contributed by atoms with Gasteiger partial charge in [-0.3, -0.25) is 4.79 Å². The van der Waals surface area contributed by atoms with Gasteiger partial charge in [0, 0.05) is 23.2 Å². The van der Waals surface area contributed by atoms with Gasteiger partial charge >= 0.3 is 0 Å². The van der Waals surface area contributed by atoms with Gasteiger partial charge in [0.15, 0.2) is 10.6 Å². The smallest absolute Gasteiger partial charge is 0.257 e. The van der Waals surface area contributed by atoms with Crippen molar-refractivity contribution in [3.8, 4) is 0 Å². The summed E-state index contributed by atoms with van der Waals surface area (Å²) < 4.78 is 24.4. The van der Waals surface area contributed by atoms with Crippen molar-refractivity contribution in [2.75, 3.05) is 0 Å². The van der Waals surface area contributed by atoms with Crippen molar-refractivity contribution in [2.45, 2.75) is 0 Å². The minimum Gasteiger partial charge on any atom is -0.269 e. The lowest BCUT2D eigenvalue weighted by atomic mass is 10.2. The first-order chi connectivity index (χ1) is 10.2. The highest BCUT2D eigenvalue weighted by Gasteiger charge is 2.14. The molecule has 3 aromatic rings. The van der Waals surface area contributed by atoms with Crippen LogP contribution in [0.3, 0.4) is 0 Å². The van der Waals surface area contributed by atoms with Gasteiger partial charge in [-0.2, -0.15) is 8.42 Å². The monoisotopic (exact) mass is 299 g/mol. The van der Waals surface area contributed by atoms with Crippen LogP contribution in [-0.4, -0.2) is 27.9 Å². The Labute approximate surface area is 120 Å². The molecule has 0 radical (unpaired) electrons. The standard InChI is InChI=1S/C14H9N3O3S/c18-12-7-6-11-8-15-9-16-13(11)17(12)14(21(19)20)10-4-2-1-3-5-10/h1-9H. The lowest BCUT2D eigenvalue weighted by molar-refractivity contribution is 0.626. The maximum absolute atomic E-state index is 12.2. The molecule has 1 aromatic carbocycles. The molecular weight excluding hydrogens is 290 g/mol. The van der Waals surface area contributed by atoms with E-state index in [-0.39, 0.29) is 10.6 Å². The lowest BCUT2D eigenvalue weighted by Gasteiger charge is -2.09. The van der Waals surface area contributed by atoms with Crippen molar-refractivity contribution in [2.24, 2.45) is 0 Å². The molecule has 0 fully saturated rings. The summed E-state index contributed by atoms with van der Waals surface area (Å²) in [5, 5.41) is 0.580. The first-order valence-corrected chi connectivity index (χ1v) is 7.10. The Morgan fingerprint density at radius 2 is 1.81 bits per heavy atom. The van der Waals surface area contributed by atoms with Gasteiger partial charge in [-0.1, -0.05) is 30.3 Å². The van der Waals surface area contributed by atoms with Crippen LogP contribution in [0.2, 0.25) is 0 Å². The molecule has 0 unspecified atom stereocenters. The molecule has 2 heterocycles. The zero-order valence-corrected chi connectivity index (χ0v) is 11.5. The molecule has 0 saturated heterocycles. The van der Waals surface area contributed by atoms with Crippen molar-refractivity contribution in [1.82, 2.24) is 14.5 Å². The van der Waals surface area contributed by atoms with Crippen molar-refractivity contribution in [3.63, 3.8) is 0 Å². The second-order valence-corrected chi connectivity index (χ2v) is 5.07. The predicted octanol–water partition coefficient (Wildman–Crippen LogP) is 0.697. The van der Waals surface area contributed by atoms with Gasteiger partial charge in [-0.05, 0) is 6.07 Å². The molecule has 0 atom stereocenters. The van der Waals surface area contributed by atoms with Crippen LogP contribution in [0.5, 0.6) is 0 Å². The molecule has 7 heteroatoms. The highest BCUT2D eigenvalue weighted by atomic mass is 32.2. The average molecular weight is 299 g/mol. The molecule has 0 N–H and O–H groups in total. The van der Waals surface area contributed by atoms with Crippen molar-refractivity contribution >= 4 is 26.3 Å². The zero-order chi connectivity index (χ0) is 14.8. The Balaban J connectivity index is 2.46. The number of hydrogen-bond donors (Lipinski definition) is 0. The second-order valence-electron chi connectivity index (χ2n) is 4.21. The minimum atomic E-state index is -2.60. The SMILES string of the molecule is O=c1ccc2cncnc2n1C(c1ccccc1)=S(=O)=O. The molecule has 0 aliphatic carbocycles. The third-order valence-corrected chi connectivity index (χ3v) is 3.67. The van der Waals surface area contributed by atoms with Crippen LogP contribution in [0.25, 0.3) is 11.0 Å². The molecule has 0 spiro atoms. The van der Waals surface area contributed by atoms with Crippen LogP contribution in [-0.2, 0) is 10.3 Å². The van der Waals surface area contributed by atoms with Gasteiger partial charge in [0.1, 0.15) is 6.33 Å². The minimum absolute atomic E-state index is 0.134. The molecule has 3 rings (SSSR count). The number of aromatic nitrogens is 3. The zero-order valence-electron chi connectivity index (χ0n) is 10.7. The maximum Gasteiger partial charge on any atom is 0.257 e. The van der Waals surface area contributed by atoms with E-state index in [1.807, 2.05) is 0 Å². The van der Waals surface area contributed by atoms with Gasteiger partial charge in [-0.25, -0.2) is 14.5 Å². The van der Waals surface area contributed by atoms with E-state index >= 15 is 0 Å². The first kappa shape index (κ1) is 13.2. The normalized spacial score (nSPS) is 10.5. The van der Waals surface area contributed by atoms with Crippen LogP contribution in [0.15, 0.2) is 59.8 Å². The molecular formula is C14H9N3O3S. The fraction of sp³-hybridized carbons (Fsp3) is 0. The first-order valence-electron chi connectivity index (χ1n) is 6.02. The molecule has 0 bridgehead atoms. The molecule has 0 aliphatic rings. The molecule has 0 aliphatic heterocycles. The van der Waals surface area contributed by atoms with Crippen LogP contribution in [0.4, 0.5) is 0 Å². The van der Waals surface area contributed by atoms with E-state index in [2.05, 4.69) is 9.97 Å². The summed E-state index contributed by atoms with van der Waals surface area (Å²) in [7, 11) is -2.60. The number of pyridine rings is 1. The second kappa shape index (κ2) is 5.29.